The zero-order valence-electron chi connectivity index (χ0n) is 16.4. The van der Waals surface area contributed by atoms with E-state index in [1.54, 1.807) is 18.2 Å². The molecular formula is C24H26FNO2. The van der Waals surface area contributed by atoms with Crippen LogP contribution in [-0.2, 0) is 19.6 Å². The molecule has 28 heavy (non-hydrogen) atoms. The molecule has 3 nitrogen and oxygen atoms in total. The molecule has 0 unspecified atom stereocenters. The van der Waals surface area contributed by atoms with E-state index < -0.39 is 0 Å². The first-order valence-corrected chi connectivity index (χ1v) is 9.65. The monoisotopic (exact) mass is 379 g/mol. The van der Waals surface area contributed by atoms with Gasteiger partial charge in [0.2, 0.25) is 0 Å². The standard InChI is InChI=1S/C24H26FNO2/c1-3-19-9-6-8-12-22(19)26-16-18-13-14-23(24(15-18)27-4-2)28-17-20-10-5-7-11-21(20)25/h5-15,26H,3-4,16-17H2,1-2H3. The number of anilines is 1. The number of ether oxygens (including phenoxy) is 2. The Morgan fingerprint density at radius 3 is 2.32 bits per heavy atom. The molecule has 0 atom stereocenters. The van der Waals surface area contributed by atoms with E-state index in [-0.39, 0.29) is 12.4 Å². The van der Waals surface area contributed by atoms with E-state index in [9.17, 15) is 4.39 Å². The van der Waals surface area contributed by atoms with Gasteiger partial charge in [0.1, 0.15) is 12.4 Å². The fourth-order valence-electron chi connectivity index (χ4n) is 3.02. The number of benzene rings is 3. The number of aryl methyl sites for hydroxylation is 1. The molecule has 0 bridgehead atoms. The predicted molar refractivity (Wildman–Crippen MR) is 111 cm³/mol. The van der Waals surface area contributed by atoms with Gasteiger partial charge >= 0.3 is 0 Å². The predicted octanol–water partition coefficient (Wildman–Crippen LogP) is 5.98. The third-order valence-corrected chi connectivity index (χ3v) is 4.53. The van der Waals surface area contributed by atoms with Crippen LogP contribution in [0.5, 0.6) is 11.5 Å². The van der Waals surface area contributed by atoms with Gasteiger partial charge < -0.3 is 14.8 Å². The van der Waals surface area contributed by atoms with E-state index in [0.717, 1.165) is 17.7 Å². The highest BCUT2D eigenvalue weighted by atomic mass is 19.1. The summed E-state index contributed by atoms with van der Waals surface area (Å²) < 4.78 is 25.4. The molecule has 3 rings (SSSR count). The van der Waals surface area contributed by atoms with Crippen molar-refractivity contribution >= 4 is 5.69 Å². The summed E-state index contributed by atoms with van der Waals surface area (Å²) in [7, 11) is 0. The topological polar surface area (TPSA) is 30.5 Å². The van der Waals surface area contributed by atoms with E-state index in [0.29, 0.717) is 30.2 Å². The van der Waals surface area contributed by atoms with Crippen molar-refractivity contribution < 1.29 is 13.9 Å². The molecule has 0 saturated heterocycles. The fourth-order valence-corrected chi connectivity index (χ4v) is 3.02. The maximum absolute atomic E-state index is 13.8. The van der Waals surface area contributed by atoms with Gasteiger partial charge in [-0.05, 0) is 48.7 Å². The number of para-hydroxylation sites is 1. The summed E-state index contributed by atoms with van der Waals surface area (Å²) >= 11 is 0. The number of hydrogen-bond acceptors (Lipinski definition) is 3. The molecule has 0 aliphatic heterocycles. The van der Waals surface area contributed by atoms with Crippen LogP contribution in [0.4, 0.5) is 10.1 Å². The van der Waals surface area contributed by atoms with Gasteiger partial charge in [0.15, 0.2) is 11.5 Å². The lowest BCUT2D eigenvalue weighted by Crippen LogP contribution is -2.04. The number of hydrogen-bond donors (Lipinski definition) is 1. The molecule has 146 valence electrons. The molecule has 3 aromatic carbocycles. The Balaban J connectivity index is 1.70. The first-order valence-electron chi connectivity index (χ1n) is 9.65. The molecule has 0 spiro atoms. The van der Waals surface area contributed by atoms with E-state index in [2.05, 4.69) is 30.4 Å². The van der Waals surface area contributed by atoms with Crippen molar-refractivity contribution in [1.82, 2.24) is 0 Å². The molecule has 3 aromatic rings. The van der Waals surface area contributed by atoms with Crippen LogP contribution in [0.2, 0.25) is 0 Å². The van der Waals surface area contributed by atoms with Crippen LogP contribution in [0.15, 0.2) is 66.7 Å². The van der Waals surface area contributed by atoms with Crippen molar-refractivity contribution in [3.8, 4) is 11.5 Å². The minimum Gasteiger partial charge on any atom is -0.490 e. The van der Waals surface area contributed by atoms with Gasteiger partial charge in [-0.3, -0.25) is 0 Å². The summed E-state index contributed by atoms with van der Waals surface area (Å²) in [6.07, 6.45) is 0.982. The highest BCUT2D eigenvalue weighted by molar-refractivity contribution is 5.52. The van der Waals surface area contributed by atoms with Gasteiger partial charge in [0.25, 0.3) is 0 Å². The third kappa shape index (κ3) is 5.03. The molecule has 0 aliphatic rings. The Morgan fingerprint density at radius 1 is 0.821 bits per heavy atom. The maximum Gasteiger partial charge on any atom is 0.161 e. The van der Waals surface area contributed by atoms with Crippen LogP contribution >= 0.6 is 0 Å². The van der Waals surface area contributed by atoms with Gasteiger partial charge in [-0.25, -0.2) is 4.39 Å². The Hall–Kier alpha value is -3.01. The first kappa shape index (κ1) is 19.7. The van der Waals surface area contributed by atoms with Gasteiger partial charge in [-0.2, -0.15) is 0 Å². The Kier molecular flexibility index (Phi) is 6.90. The SMILES string of the molecule is CCOc1cc(CNc2ccccc2CC)ccc1OCc1ccccc1F. The van der Waals surface area contributed by atoms with E-state index in [1.165, 1.54) is 11.6 Å². The fraction of sp³-hybridized carbons (Fsp3) is 0.250. The second-order valence-electron chi connectivity index (χ2n) is 6.46. The van der Waals surface area contributed by atoms with Crippen molar-refractivity contribution in [3.05, 3.63) is 89.2 Å². The maximum atomic E-state index is 13.8. The first-order chi connectivity index (χ1) is 13.7. The molecular weight excluding hydrogens is 353 g/mol. The van der Waals surface area contributed by atoms with Crippen molar-refractivity contribution in [3.63, 3.8) is 0 Å². The second-order valence-corrected chi connectivity index (χ2v) is 6.46. The van der Waals surface area contributed by atoms with E-state index in [1.807, 2.05) is 31.2 Å². The molecule has 0 fully saturated rings. The molecule has 0 aromatic heterocycles. The molecule has 4 heteroatoms. The van der Waals surface area contributed by atoms with E-state index >= 15 is 0 Å². The lowest BCUT2D eigenvalue weighted by molar-refractivity contribution is 0.265. The quantitative estimate of drug-likeness (QED) is 0.496. The molecule has 0 saturated carbocycles. The van der Waals surface area contributed by atoms with Crippen LogP contribution < -0.4 is 14.8 Å². The van der Waals surface area contributed by atoms with Crippen LogP contribution in [0.25, 0.3) is 0 Å². The Labute approximate surface area is 166 Å². The van der Waals surface area contributed by atoms with Crippen LogP contribution in [0, 0.1) is 5.82 Å². The summed E-state index contributed by atoms with van der Waals surface area (Å²) in [5.41, 5.74) is 4.04. The van der Waals surface area contributed by atoms with Gasteiger partial charge in [-0.1, -0.05) is 49.4 Å². The van der Waals surface area contributed by atoms with E-state index in [4.69, 9.17) is 9.47 Å². The van der Waals surface area contributed by atoms with Crippen molar-refractivity contribution in [2.24, 2.45) is 0 Å². The summed E-state index contributed by atoms with van der Waals surface area (Å²) in [6.45, 7) is 5.46. The van der Waals surface area contributed by atoms with Crippen LogP contribution in [-0.4, -0.2) is 6.61 Å². The van der Waals surface area contributed by atoms with Crippen molar-refractivity contribution in [2.45, 2.75) is 33.4 Å². The molecule has 0 heterocycles. The van der Waals surface area contributed by atoms with Crippen LogP contribution in [0.1, 0.15) is 30.5 Å². The molecule has 0 aliphatic carbocycles. The minimum atomic E-state index is -0.268. The van der Waals surface area contributed by atoms with Gasteiger partial charge in [0.05, 0.1) is 6.61 Å². The highest BCUT2D eigenvalue weighted by Gasteiger charge is 2.09. The third-order valence-electron chi connectivity index (χ3n) is 4.53. The number of halogens is 1. The van der Waals surface area contributed by atoms with Crippen LogP contribution in [0.3, 0.4) is 0 Å². The van der Waals surface area contributed by atoms with Gasteiger partial charge in [0, 0.05) is 17.8 Å². The van der Waals surface area contributed by atoms with Crippen molar-refractivity contribution in [2.75, 3.05) is 11.9 Å². The summed E-state index contributed by atoms with van der Waals surface area (Å²) in [4.78, 5) is 0. The minimum absolute atomic E-state index is 0.161. The molecule has 0 radical (unpaired) electrons. The second kappa shape index (κ2) is 9.79. The smallest absolute Gasteiger partial charge is 0.161 e. The lowest BCUT2D eigenvalue weighted by Gasteiger charge is -2.15. The average Bonchev–Trinajstić information content (AvgIpc) is 2.73. The van der Waals surface area contributed by atoms with Crippen molar-refractivity contribution in [1.29, 1.82) is 0 Å². The summed E-state index contributed by atoms with van der Waals surface area (Å²) in [6, 6.07) is 20.8. The zero-order valence-corrected chi connectivity index (χ0v) is 16.4. The highest BCUT2D eigenvalue weighted by Crippen LogP contribution is 2.30. The lowest BCUT2D eigenvalue weighted by atomic mass is 10.1. The Bertz CT molecular complexity index is 911. The number of rotatable bonds is 9. The Morgan fingerprint density at radius 2 is 1.57 bits per heavy atom. The van der Waals surface area contributed by atoms with Gasteiger partial charge in [-0.15, -0.1) is 0 Å². The largest absolute Gasteiger partial charge is 0.490 e. The average molecular weight is 379 g/mol. The summed E-state index contributed by atoms with van der Waals surface area (Å²) in [5.74, 6) is 1.01. The molecule has 0 amide bonds. The molecule has 1 N–H and O–H groups in total. The normalized spacial score (nSPS) is 10.5. The number of nitrogens with one attached hydrogen (secondary N) is 1. The zero-order chi connectivity index (χ0) is 19.8. The summed E-state index contributed by atoms with van der Waals surface area (Å²) in [5, 5.41) is 3.49.